The summed E-state index contributed by atoms with van der Waals surface area (Å²) in [7, 11) is -2.32. The molecule has 0 unspecified atom stereocenters. The Morgan fingerprint density at radius 3 is 2.35 bits per heavy atom. The molecular formula is C23H22N6O4S. The van der Waals surface area contributed by atoms with Gasteiger partial charge in [-0.2, -0.15) is 5.10 Å². The first-order valence-corrected chi connectivity index (χ1v) is 11.7. The maximum atomic E-state index is 12.7. The molecule has 0 aliphatic carbocycles. The second kappa shape index (κ2) is 9.32. The van der Waals surface area contributed by atoms with Gasteiger partial charge in [0.1, 0.15) is 11.4 Å². The number of rotatable bonds is 7. The Balaban J connectivity index is 1.45. The quantitative estimate of drug-likeness (QED) is 0.369. The van der Waals surface area contributed by atoms with E-state index >= 15 is 0 Å². The van der Waals surface area contributed by atoms with Gasteiger partial charge in [0, 0.05) is 22.6 Å². The van der Waals surface area contributed by atoms with Gasteiger partial charge >= 0.3 is 0 Å². The van der Waals surface area contributed by atoms with Crippen molar-refractivity contribution < 1.29 is 17.9 Å². The van der Waals surface area contributed by atoms with Gasteiger partial charge in [0.15, 0.2) is 0 Å². The van der Waals surface area contributed by atoms with Crippen LogP contribution in [0.3, 0.4) is 0 Å². The van der Waals surface area contributed by atoms with Crippen molar-refractivity contribution in [1.29, 1.82) is 0 Å². The van der Waals surface area contributed by atoms with Crippen LogP contribution in [-0.2, 0) is 10.0 Å². The van der Waals surface area contributed by atoms with Gasteiger partial charge in [-0.25, -0.2) is 23.1 Å². The van der Waals surface area contributed by atoms with Gasteiger partial charge in [-0.3, -0.25) is 9.89 Å². The zero-order valence-corrected chi connectivity index (χ0v) is 19.5. The van der Waals surface area contributed by atoms with Crippen LogP contribution in [0, 0.1) is 13.8 Å². The van der Waals surface area contributed by atoms with E-state index in [-0.39, 0.29) is 16.5 Å². The van der Waals surface area contributed by atoms with Crippen molar-refractivity contribution in [3.05, 3.63) is 77.7 Å². The Kier molecular flexibility index (Phi) is 6.28. The minimum atomic E-state index is -3.89. The lowest BCUT2D eigenvalue weighted by atomic mass is 10.1. The van der Waals surface area contributed by atoms with E-state index in [1.807, 2.05) is 24.3 Å². The number of nitrogens with zero attached hydrogens (tertiary/aromatic N) is 3. The number of hydrogen-bond acceptors (Lipinski definition) is 7. The molecule has 11 heteroatoms. The lowest BCUT2D eigenvalue weighted by molar-refractivity contribution is 0.102. The van der Waals surface area contributed by atoms with Crippen molar-refractivity contribution in [1.82, 2.24) is 20.2 Å². The largest absolute Gasteiger partial charge is 0.497 e. The third kappa shape index (κ3) is 5.21. The molecule has 34 heavy (non-hydrogen) atoms. The second-order valence-corrected chi connectivity index (χ2v) is 9.14. The average Bonchev–Trinajstić information content (AvgIpc) is 3.29. The average molecular weight is 479 g/mol. The Morgan fingerprint density at radius 2 is 1.68 bits per heavy atom. The highest BCUT2D eigenvalue weighted by atomic mass is 32.2. The molecule has 0 fully saturated rings. The molecule has 174 valence electrons. The smallest absolute Gasteiger partial charge is 0.273 e. The standard InChI is InChI=1S/C23H22N6O4S/c1-14-11-15(2)25-23(24-14)29-34(31,32)19-9-7-17(8-10-19)26-22(30)21-13-20(27-28-21)16-5-4-6-18(12-16)33-3/h4-13H,1-3H3,(H,26,30)(H,27,28)(H,24,25,29). The van der Waals surface area contributed by atoms with E-state index in [2.05, 4.69) is 30.2 Å². The van der Waals surface area contributed by atoms with Gasteiger partial charge in [0.05, 0.1) is 17.7 Å². The summed E-state index contributed by atoms with van der Waals surface area (Å²) in [6.45, 7) is 3.51. The van der Waals surface area contributed by atoms with E-state index in [4.69, 9.17) is 4.74 Å². The number of aryl methyl sites for hydroxylation is 2. The number of carbonyl (C=O) groups is 1. The van der Waals surface area contributed by atoms with Crippen molar-refractivity contribution in [3.63, 3.8) is 0 Å². The zero-order chi connectivity index (χ0) is 24.3. The summed E-state index contributed by atoms with van der Waals surface area (Å²) in [5, 5.41) is 9.61. The van der Waals surface area contributed by atoms with Crippen molar-refractivity contribution in [2.45, 2.75) is 18.7 Å². The first-order valence-electron chi connectivity index (χ1n) is 10.2. The van der Waals surface area contributed by atoms with Crippen LogP contribution in [0.25, 0.3) is 11.3 Å². The molecule has 0 spiro atoms. The lowest BCUT2D eigenvalue weighted by Gasteiger charge is -2.09. The van der Waals surface area contributed by atoms with Gasteiger partial charge < -0.3 is 10.1 Å². The number of aromatic amines is 1. The molecule has 2 aromatic heterocycles. The molecule has 0 saturated carbocycles. The fourth-order valence-corrected chi connectivity index (χ4v) is 4.18. The molecule has 0 radical (unpaired) electrons. The van der Waals surface area contributed by atoms with Crippen LogP contribution in [0.5, 0.6) is 5.75 Å². The number of ether oxygens (including phenoxy) is 1. The van der Waals surface area contributed by atoms with Crippen molar-refractivity contribution in [3.8, 4) is 17.0 Å². The summed E-state index contributed by atoms with van der Waals surface area (Å²) in [6.07, 6.45) is 0. The molecule has 10 nitrogen and oxygen atoms in total. The molecule has 0 aliphatic heterocycles. The molecule has 4 aromatic rings. The molecule has 0 atom stereocenters. The maximum absolute atomic E-state index is 12.7. The Hall–Kier alpha value is -4.25. The number of anilines is 2. The van der Waals surface area contributed by atoms with Crippen molar-refractivity contribution in [2.24, 2.45) is 0 Å². The first-order chi connectivity index (χ1) is 16.2. The zero-order valence-electron chi connectivity index (χ0n) is 18.7. The van der Waals surface area contributed by atoms with E-state index < -0.39 is 15.9 Å². The van der Waals surface area contributed by atoms with Gasteiger partial charge in [-0.1, -0.05) is 12.1 Å². The van der Waals surface area contributed by atoms with Crippen molar-refractivity contribution in [2.75, 3.05) is 17.1 Å². The van der Waals surface area contributed by atoms with Crippen molar-refractivity contribution >= 4 is 27.6 Å². The molecule has 0 aliphatic rings. The number of carbonyl (C=O) groups excluding carboxylic acids is 1. The number of nitrogens with one attached hydrogen (secondary N) is 3. The van der Waals surface area contributed by atoms with Crippen LogP contribution in [0.1, 0.15) is 21.9 Å². The Labute approximate surface area is 196 Å². The fourth-order valence-electron chi connectivity index (χ4n) is 3.23. The number of hydrogen-bond donors (Lipinski definition) is 3. The number of amides is 1. The van der Waals surface area contributed by atoms with E-state index in [1.54, 1.807) is 33.1 Å². The monoisotopic (exact) mass is 478 g/mol. The van der Waals surface area contributed by atoms with Gasteiger partial charge in [-0.15, -0.1) is 0 Å². The first kappa shape index (κ1) is 22.9. The van der Waals surface area contributed by atoms with E-state index in [1.165, 1.54) is 24.3 Å². The summed E-state index contributed by atoms with van der Waals surface area (Å²) >= 11 is 0. The van der Waals surface area contributed by atoms with Crippen LogP contribution in [0.4, 0.5) is 11.6 Å². The molecular weight excluding hydrogens is 456 g/mol. The number of H-pyrrole nitrogens is 1. The summed E-state index contributed by atoms with van der Waals surface area (Å²) in [5.74, 6) is 0.264. The molecule has 3 N–H and O–H groups in total. The van der Waals surface area contributed by atoms with E-state index in [0.29, 0.717) is 28.5 Å². The third-order valence-electron chi connectivity index (χ3n) is 4.82. The number of methoxy groups -OCH3 is 1. The van der Waals surface area contributed by atoms with E-state index in [9.17, 15) is 13.2 Å². The molecule has 2 aromatic carbocycles. The second-order valence-electron chi connectivity index (χ2n) is 7.46. The molecule has 4 rings (SSSR count). The summed E-state index contributed by atoms with van der Waals surface area (Å²) in [4.78, 5) is 20.8. The topological polar surface area (TPSA) is 139 Å². The predicted octanol–water partition coefficient (Wildman–Crippen LogP) is 3.55. The van der Waals surface area contributed by atoms with Gasteiger partial charge in [-0.05, 0) is 62.4 Å². The minimum Gasteiger partial charge on any atom is -0.497 e. The highest BCUT2D eigenvalue weighted by Gasteiger charge is 2.17. The minimum absolute atomic E-state index is 0.000893. The number of aromatic nitrogens is 4. The van der Waals surface area contributed by atoms with Crippen LogP contribution >= 0.6 is 0 Å². The Bertz CT molecular complexity index is 1430. The van der Waals surface area contributed by atoms with Crippen LogP contribution < -0.4 is 14.8 Å². The fraction of sp³-hybridized carbons (Fsp3) is 0.130. The van der Waals surface area contributed by atoms with Gasteiger partial charge in [0.2, 0.25) is 5.95 Å². The molecule has 0 saturated heterocycles. The third-order valence-corrected chi connectivity index (χ3v) is 6.16. The van der Waals surface area contributed by atoms with Crippen LogP contribution in [0.2, 0.25) is 0 Å². The molecule has 0 bridgehead atoms. The summed E-state index contributed by atoms with van der Waals surface area (Å²) in [6, 6.07) is 16.4. The SMILES string of the molecule is COc1cccc(-c2cc(C(=O)Nc3ccc(S(=O)(=O)Nc4nc(C)cc(C)n4)cc3)[nH]n2)c1. The summed E-state index contributed by atoms with van der Waals surface area (Å²) < 4.78 is 32.9. The maximum Gasteiger partial charge on any atom is 0.273 e. The number of sulfonamides is 1. The van der Waals surface area contributed by atoms with Gasteiger partial charge in [0.25, 0.3) is 15.9 Å². The van der Waals surface area contributed by atoms with Crippen LogP contribution in [0.15, 0.2) is 65.6 Å². The lowest BCUT2D eigenvalue weighted by Crippen LogP contribution is -2.16. The molecule has 2 heterocycles. The summed E-state index contributed by atoms with van der Waals surface area (Å²) in [5.41, 5.74) is 3.36. The van der Waals surface area contributed by atoms with E-state index in [0.717, 1.165) is 5.56 Å². The highest BCUT2D eigenvalue weighted by Crippen LogP contribution is 2.23. The Morgan fingerprint density at radius 1 is 0.971 bits per heavy atom. The normalized spacial score (nSPS) is 11.1. The predicted molar refractivity (Wildman–Crippen MR) is 127 cm³/mol. The highest BCUT2D eigenvalue weighted by molar-refractivity contribution is 7.92. The molecule has 1 amide bonds. The van der Waals surface area contributed by atoms with Crippen LogP contribution in [-0.4, -0.2) is 41.6 Å². The number of benzene rings is 2.